The Bertz CT molecular complexity index is 486. The molecule has 0 aromatic heterocycles. The molecular weight excluding hydrogens is 288 g/mol. The Labute approximate surface area is 140 Å². The molecule has 0 bridgehead atoms. The van der Waals surface area contributed by atoms with Gasteiger partial charge in [0.15, 0.2) is 0 Å². The highest BCUT2D eigenvalue weighted by Crippen LogP contribution is 2.27. The second-order valence-corrected chi connectivity index (χ2v) is 6.52. The van der Waals surface area contributed by atoms with Crippen molar-refractivity contribution in [1.29, 1.82) is 0 Å². The minimum absolute atomic E-state index is 0.0216. The van der Waals surface area contributed by atoms with Gasteiger partial charge in [-0.3, -0.25) is 4.79 Å². The summed E-state index contributed by atoms with van der Waals surface area (Å²) in [6.07, 6.45) is 4.70. The normalized spacial score (nSPS) is 12.3. The van der Waals surface area contributed by atoms with Crippen LogP contribution < -0.4 is 15.8 Å². The molecular formula is C19H32N2O2. The molecule has 1 amide bonds. The predicted octanol–water partition coefficient (Wildman–Crippen LogP) is 4.13. The summed E-state index contributed by atoms with van der Waals surface area (Å²) in [4.78, 5) is 12.0. The van der Waals surface area contributed by atoms with Crippen molar-refractivity contribution < 1.29 is 9.53 Å². The lowest BCUT2D eigenvalue weighted by molar-refractivity contribution is -0.116. The van der Waals surface area contributed by atoms with E-state index >= 15 is 0 Å². The first-order valence-electron chi connectivity index (χ1n) is 8.77. The molecule has 0 radical (unpaired) electrons. The summed E-state index contributed by atoms with van der Waals surface area (Å²) in [5.74, 6) is 1.08. The van der Waals surface area contributed by atoms with E-state index in [0.717, 1.165) is 36.3 Å². The summed E-state index contributed by atoms with van der Waals surface area (Å²) in [6.45, 7) is 8.75. The summed E-state index contributed by atoms with van der Waals surface area (Å²) < 4.78 is 5.69. The Morgan fingerprint density at radius 3 is 2.65 bits per heavy atom. The number of benzene rings is 1. The molecule has 0 saturated carbocycles. The summed E-state index contributed by atoms with van der Waals surface area (Å²) in [7, 11) is 0. The van der Waals surface area contributed by atoms with Crippen molar-refractivity contribution in [2.45, 2.75) is 65.8 Å². The van der Waals surface area contributed by atoms with E-state index in [1.54, 1.807) is 0 Å². The van der Waals surface area contributed by atoms with Crippen LogP contribution in [0.1, 0.15) is 58.9 Å². The Morgan fingerprint density at radius 1 is 1.30 bits per heavy atom. The molecule has 0 spiro atoms. The van der Waals surface area contributed by atoms with Crippen LogP contribution in [0.25, 0.3) is 0 Å². The SMILES string of the molecule is CCCCC(N)Cc1ccc(NC(=O)CC(C)C)c(OCC)c1. The fourth-order valence-electron chi connectivity index (χ4n) is 2.52. The number of carbonyl (C=O) groups is 1. The Hall–Kier alpha value is -1.55. The third kappa shape index (κ3) is 7.51. The average molecular weight is 320 g/mol. The number of hydrogen-bond donors (Lipinski definition) is 2. The van der Waals surface area contributed by atoms with Crippen molar-refractivity contribution >= 4 is 11.6 Å². The Kier molecular flexibility index (Phi) is 8.70. The number of unbranched alkanes of at least 4 members (excludes halogenated alkanes) is 1. The lowest BCUT2D eigenvalue weighted by atomic mass is 10.0. The van der Waals surface area contributed by atoms with Crippen molar-refractivity contribution in [3.05, 3.63) is 23.8 Å². The minimum Gasteiger partial charge on any atom is -0.492 e. The molecule has 0 heterocycles. The van der Waals surface area contributed by atoms with Crippen LogP contribution in [0.3, 0.4) is 0 Å². The summed E-state index contributed by atoms with van der Waals surface area (Å²) in [5.41, 5.74) is 8.07. The number of nitrogens with two attached hydrogens (primary N) is 1. The van der Waals surface area contributed by atoms with Gasteiger partial charge >= 0.3 is 0 Å². The van der Waals surface area contributed by atoms with E-state index in [1.165, 1.54) is 6.42 Å². The third-order valence-electron chi connectivity index (χ3n) is 3.64. The molecule has 3 N–H and O–H groups in total. The highest BCUT2D eigenvalue weighted by molar-refractivity contribution is 5.92. The molecule has 1 rings (SSSR count). The van der Waals surface area contributed by atoms with Gasteiger partial charge in [-0.25, -0.2) is 0 Å². The van der Waals surface area contributed by atoms with E-state index in [2.05, 4.69) is 12.2 Å². The van der Waals surface area contributed by atoms with E-state index in [-0.39, 0.29) is 11.9 Å². The van der Waals surface area contributed by atoms with Gasteiger partial charge in [0.2, 0.25) is 5.91 Å². The second-order valence-electron chi connectivity index (χ2n) is 6.52. The van der Waals surface area contributed by atoms with Crippen LogP contribution in [0, 0.1) is 5.92 Å². The predicted molar refractivity (Wildman–Crippen MR) is 96.9 cm³/mol. The Morgan fingerprint density at radius 2 is 2.04 bits per heavy atom. The lowest BCUT2D eigenvalue weighted by Crippen LogP contribution is -2.22. The fraction of sp³-hybridized carbons (Fsp3) is 0.632. The topological polar surface area (TPSA) is 64.3 Å². The zero-order valence-corrected chi connectivity index (χ0v) is 15.0. The maximum atomic E-state index is 12.0. The third-order valence-corrected chi connectivity index (χ3v) is 3.64. The molecule has 0 aliphatic heterocycles. The van der Waals surface area contributed by atoms with Gasteiger partial charge in [0, 0.05) is 12.5 Å². The van der Waals surface area contributed by atoms with E-state index in [4.69, 9.17) is 10.5 Å². The number of carbonyl (C=O) groups excluding carboxylic acids is 1. The highest BCUT2D eigenvalue weighted by atomic mass is 16.5. The quantitative estimate of drug-likeness (QED) is 0.681. The molecule has 23 heavy (non-hydrogen) atoms. The van der Waals surface area contributed by atoms with Crippen molar-refractivity contribution in [2.75, 3.05) is 11.9 Å². The van der Waals surface area contributed by atoms with Gasteiger partial charge in [-0.1, -0.05) is 39.7 Å². The van der Waals surface area contributed by atoms with Gasteiger partial charge in [0.05, 0.1) is 12.3 Å². The molecule has 0 aliphatic carbocycles. The first kappa shape index (κ1) is 19.5. The number of ether oxygens (including phenoxy) is 1. The van der Waals surface area contributed by atoms with Gasteiger partial charge in [-0.2, -0.15) is 0 Å². The van der Waals surface area contributed by atoms with Crippen LogP contribution in [-0.2, 0) is 11.2 Å². The standard InChI is InChI=1S/C19H32N2O2/c1-5-7-8-16(20)12-15-9-10-17(18(13-15)23-6-2)21-19(22)11-14(3)4/h9-10,13-14,16H,5-8,11-12,20H2,1-4H3,(H,21,22). The number of anilines is 1. The molecule has 1 aromatic carbocycles. The van der Waals surface area contributed by atoms with Gasteiger partial charge in [-0.15, -0.1) is 0 Å². The summed E-state index contributed by atoms with van der Waals surface area (Å²) in [5, 5.41) is 2.95. The number of amides is 1. The molecule has 1 aromatic rings. The van der Waals surface area contributed by atoms with E-state index in [9.17, 15) is 4.79 Å². The average Bonchev–Trinajstić information content (AvgIpc) is 2.47. The second kappa shape index (κ2) is 10.3. The molecule has 4 nitrogen and oxygen atoms in total. The molecule has 0 fully saturated rings. The van der Waals surface area contributed by atoms with Gasteiger partial charge in [-0.05, 0) is 43.4 Å². The maximum absolute atomic E-state index is 12.0. The molecule has 1 atom stereocenters. The largest absolute Gasteiger partial charge is 0.492 e. The molecule has 0 saturated heterocycles. The van der Waals surface area contributed by atoms with Crippen LogP contribution in [0.5, 0.6) is 5.75 Å². The van der Waals surface area contributed by atoms with Gasteiger partial charge in [0.25, 0.3) is 0 Å². The van der Waals surface area contributed by atoms with Gasteiger partial charge in [0.1, 0.15) is 5.75 Å². The first-order chi connectivity index (χ1) is 11.0. The van der Waals surface area contributed by atoms with Crippen LogP contribution >= 0.6 is 0 Å². The Balaban J connectivity index is 2.78. The van der Waals surface area contributed by atoms with E-state index in [0.29, 0.717) is 18.9 Å². The lowest BCUT2D eigenvalue weighted by Gasteiger charge is -2.16. The number of nitrogens with one attached hydrogen (secondary N) is 1. The minimum atomic E-state index is 0.0216. The molecule has 130 valence electrons. The van der Waals surface area contributed by atoms with Gasteiger partial charge < -0.3 is 15.8 Å². The summed E-state index contributed by atoms with van der Waals surface area (Å²) in [6, 6.07) is 6.12. The van der Waals surface area contributed by atoms with Crippen LogP contribution in [0.2, 0.25) is 0 Å². The maximum Gasteiger partial charge on any atom is 0.224 e. The number of rotatable bonds is 10. The van der Waals surface area contributed by atoms with E-state index < -0.39 is 0 Å². The van der Waals surface area contributed by atoms with Crippen molar-refractivity contribution in [3.63, 3.8) is 0 Å². The molecule has 4 heteroatoms. The first-order valence-corrected chi connectivity index (χ1v) is 8.77. The van der Waals surface area contributed by atoms with Crippen molar-refractivity contribution in [2.24, 2.45) is 11.7 Å². The fourth-order valence-corrected chi connectivity index (χ4v) is 2.52. The van der Waals surface area contributed by atoms with Crippen LogP contribution in [-0.4, -0.2) is 18.6 Å². The van der Waals surface area contributed by atoms with Crippen LogP contribution in [0.15, 0.2) is 18.2 Å². The zero-order valence-electron chi connectivity index (χ0n) is 15.0. The molecule has 0 aliphatic rings. The zero-order chi connectivity index (χ0) is 17.2. The highest BCUT2D eigenvalue weighted by Gasteiger charge is 2.12. The van der Waals surface area contributed by atoms with Crippen molar-refractivity contribution in [1.82, 2.24) is 0 Å². The van der Waals surface area contributed by atoms with E-state index in [1.807, 2.05) is 39.0 Å². The molecule has 1 unspecified atom stereocenters. The smallest absolute Gasteiger partial charge is 0.224 e. The number of hydrogen-bond acceptors (Lipinski definition) is 3. The monoisotopic (exact) mass is 320 g/mol. The van der Waals surface area contributed by atoms with Crippen molar-refractivity contribution in [3.8, 4) is 5.75 Å². The van der Waals surface area contributed by atoms with Crippen LogP contribution in [0.4, 0.5) is 5.69 Å². The summed E-state index contributed by atoms with van der Waals surface area (Å²) >= 11 is 0.